The van der Waals surface area contributed by atoms with Gasteiger partial charge in [-0.1, -0.05) is 17.3 Å². The number of nitrogens with zero attached hydrogens (tertiary/aromatic N) is 3. The SMILES string of the molecule is COC(=O)C(/C=N/O)=C/C=C(\C)Nc1cc(NCc2ccc(O)cc2)nc(OCC(F)(F)F)n1. The first-order valence-electron chi connectivity index (χ1n) is 9.61. The van der Waals surface area contributed by atoms with Crippen LogP contribution in [0.5, 0.6) is 11.8 Å². The van der Waals surface area contributed by atoms with Crippen LogP contribution >= 0.6 is 0 Å². The average molecular weight is 481 g/mol. The number of phenols is 1. The average Bonchev–Trinajstić information content (AvgIpc) is 2.79. The van der Waals surface area contributed by atoms with Crippen molar-refractivity contribution in [2.75, 3.05) is 24.4 Å². The second kappa shape index (κ2) is 12.1. The lowest BCUT2D eigenvalue weighted by molar-refractivity contribution is -0.154. The van der Waals surface area contributed by atoms with Gasteiger partial charge < -0.3 is 30.4 Å². The van der Waals surface area contributed by atoms with E-state index in [0.29, 0.717) is 5.70 Å². The lowest BCUT2D eigenvalue weighted by Gasteiger charge is -2.13. The second-order valence-electron chi connectivity index (χ2n) is 6.68. The minimum atomic E-state index is -4.58. The van der Waals surface area contributed by atoms with Crippen molar-refractivity contribution in [2.24, 2.45) is 5.16 Å². The Morgan fingerprint density at radius 1 is 1.18 bits per heavy atom. The standard InChI is InChI=1S/C21H22F3N5O5/c1-13(3-6-15(11-26-32)19(31)33-2)27-18-9-17(25-10-14-4-7-16(30)8-5-14)28-20(29-18)34-12-21(22,23)24/h3-9,11,30,32H,10,12H2,1-2H3,(H2,25,27,28,29)/b13-3+,15-6+,26-11+. The van der Waals surface area contributed by atoms with E-state index >= 15 is 0 Å². The number of aromatic nitrogens is 2. The molecular weight excluding hydrogens is 459 g/mol. The van der Waals surface area contributed by atoms with E-state index in [-0.39, 0.29) is 29.5 Å². The van der Waals surface area contributed by atoms with E-state index in [2.05, 4.69) is 35.2 Å². The third-order valence-corrected chi connectivity index (χ3v) is 3.94. The normalized spacial score (nSPS) is 12.5. The molecule has 2 rings (SSSR count). The Bertz CT molecular complexity index is 1070. The molecule has 10 nitrogen and oxygen atoms in total. The molecule has 0 amide bonds. The topological polar surface area (TPSA) is 138 Å². The van der Waals surface area contributed by atoms with E-state index in [0.717, 1.165) is 18.9 Å². The Morgan fingerprint density at radius 3 is 2.47 bits per heavy atom. The summed E-state index contributed by atoms with van der Waals surface area (Å²) in [6, 6.07) is 7.25. The number of allylic oxidation sites excluding steroid dienone is 3. The Labute approximate surface area is 192 Å². The van der Waals surface area contributed by atoms with Crippen molar-refractivity contribution in [1.29, 1.82) is 0 Å². The molecule has 0 fully saturated rings. The Kier molecular flexibility index (Phi) is 9.23. The van der Waals surface area contributed by atoms with Crippen molar-refractivity contribution in [3.63, 3.8) is 0 Å². The van der Waals surface area contributed by atoms with Crippen molar-refractivity contribution in [2.45, 2.75) is 19.6 Å². The Morgan fingerprint density at radius 2 is 1.85 bits per heavy atom. The number of esters is 1. The van der Waals surface area contributed by atoms with Gasteiger partial charge in [0, 0.05) is 18.3 Å². The first kappa shape index (κ1) is 26.0. The van der Waals surface area contributed by atoms with Crippen LogP contribution in [0.25, 0.3) is 0 Å². The fraction of sp³-hybridized carbons (Fsp3) is 0.238. The van der Waals surface area contributed by atoms with E-state index < -0.39 is 24.8 Å². The monoisotopic (exact) mass is 481 g/mol. The molecule has 1 heterocycles. The molecule has 0 saturated heterocycles. The summed E-state index contributed by atoms with van der Waals surface area (Å²) >= 11 is 0. The zero-order valence-corrected chi connectivity index (χ0v) is 18.1. The fourth-order valence-electron chi connectivity index (χ4n) is 2.40. The molecule has 0 aliphatic carbocycles. The van der Waals surface area contributed by atoms with Crippen LogP contribution in [0.4, 0.5) is 24.8 Å². The molecule has 13 heteroatoms. The quantitative estimate of drug-likeness (QED) is 0.100. The predicted octanol–water partition coefficient (Wildman–Crippen LogP) is 3.61. The number of halogens is 3. The van der Waals surface area contributed by atoms with Crippen LogP contribution in [-0.4, -0.2) is 52.4 Å². The van der Waals surface area contributed by atoms with Gasteiger partial charge in [0.05, 0.1) is 18.9 Å². The molecule has 0 aliphatic heterocycles. The lowest BCUT2D eigenvalue weighted by Crippen LogP contribution is -2.20. The number of benzene rings is 1. The lowest BCUT2D eigenvalue weighted by atomic mass is 10.2. The highest BCUT2D eigenvalue weighted by atomic mass is 19.4. The van der Waals surface area contributed by atoms with Gasteiger partial charge in [-0.3, -0.25) is 0 Å². The van der Waals surface area contributed by atoms with Gasteiger partial charge in [0.1, 0.15) is 17.4 Å². The molecule has 0 atom stereocenters. The molecule has 2 aromatic rings. The summed E-state index contributed by atoms with van der Waals surface area (Å²) in [5.41, 5.74) is 1.16. The van der Waals surface area contributed by atoms with Gasteiger partial charge in [-0.25, -0.2) is 4.79 Å². The van der Waals surface area contributed by atoms with Gasteiger partial charge >= 0.3 is 18.2 Å². The van der Waals surface area contributed by atoms with E-state index in [4.69, 9.17) is 5.21 Å². The predicted molar refractivity (Wildman–Crippen MR) is 117 cm³/mol. The number of anilines is 2. The van der Waals surface area contributed by atoms with Crippen molar-refractivity contribution in [3.05, 3.63) is 59.3 Å². The number of hydrogen-bond donors (Lipinski definition) is 4. The van der Waals surface area contributed by atoms with Gasteiger partial charge in [-0.2, -0.15) is 23.1 Å². The Balaban J connectivity index is 2.25. The third-order valence-electron chi connectivity index (χ3n) is 3.94. The van der Waals surface area contributed by atoms with Gasteiger partial charge in [-0.15, -0.1) is 0 Å². The highest BCUT2D eigenvalue weighted by molar-refractivity contribution is 6.09. The van der Waals surface area contributed by atoms with Crippen molar-refractivity contribution in [3.8, 4) is 11.8 Å². The van der Waals surface area contributed by atoms with E-state index in [1.54, 1.807) is 19.1 Å². The molecule has 0 spiro atoms. The summed E-state index contributed by atoms with van der Waals surface area (Å²) < 4.78 is 47.0. The van der Waals surface area contributed by atoms with Crippen LogP contribution in [-0.2, 0) is 16.1 Å². The highest BCUT2D eigenvalue weighted by Gasteiger charge is 2.29. The van der Waals surface area contributed by atoms with Gasteiger partial charge in [0.25, 0.3) is 0 Å². The molecule has 0 radical (unpaired) electrons. The molecule has 1 aromatic heterocycles. The number of carbonyl (C=O) groups excluding carboxylic acids is 1. The Hall–Kier alpha value is -4.29. The minimum absolute atomic E-state index is 0.0562. The summed E-state index contributed by atoms with van der Waals surface area (Å²) in [6.07, 6.45) is -0.948. The van der Waals surface area contributed by atoms with Crippen LogP contribution in [0, 0.1) is 0 Å². The first-order valence-corrected chi connectivity index (χ1v) is 9.61. The molecule has 1 aromatic carbocycles. The van der Waals surface area contributed by atoms with E-state index in [1.165, 1.54) is 30.4 Å². The summed E-state index contributed by atoms with van der Waals surface area (Å²) in [7, 11) is 1.16. The smallest absolute Gasteiger partial charge is 0.422 e. The number of nitrogens with one attached hydrogen (secondary N) is 2. The minimum Gasteiger partial charge on any atom is -0.508 e. The number of phenolic OH excluding ortho intramolecular Hbond substituents is 1. The fourth-order valence-corrected chi connectivity index (χ4v) is 2.40. The molecule has 0 unspecified atom stereocenters. The highest BCUT2D eigenvalue weighted by Crippen LogP contribution is 2.21. The van der Waals surface area contributed by atoms with Crippen molar-refractivity contribution in [1.82, 2.24) is 9.97 Å². The third kappa shape index (κ3) is 9.06. The summed E-state index contributed by atoms with van der Waals surface area (Å²) in [5.74, 6) is -0.365. The van der Waals surface area contributed by atoms with Gasteiger partial charge in [0.15, 0.2) is 6.61 Å². The van der Waals surface area contributed by atoms with Crippen LogP contribution < -0.4 is 15.4 Å². The van der Waals surface area contributed by atoms with Crippen LogP contribution in [0.15, 0.2) is 58.9 Å². The molecular formula is C21H22F3N5O5. The molecule has 0 saturated carbocycles. The number of carbonyl (C=O) groups is 1. The first-order chi connectivity index (χ1) is 16.1. The zero-order valence-electron chi connectivity index (χ0n) is 18.1. The maximum Gasteiger partial charge on any atom is 0.422 e. The summed E-state index contributed by atoms with van der Waals surface area (Å²) in [5, 5.41) is 26.6. The molecule has 34 heavy (non-hydrogen) atoms. The van der Waals surface area contributed by atoms with Crippen molar-refractivity contribution >= 4 is 23.8 Å². The van der Waals surface area contributed by atoms with Crippen LogP contribution in [0.2, 0.25) is 0 Å². The number of hydrogen-bond acceptors (Lipinski definition) is 10. The van der Waals surface area contributed by atoms with E-state index in [9.17, 15) is 23.1 Å². The maximum atomic E-state index is 12.6. The van der Waals surface area contributed by atoms with Gasteiger partial charge in [0.2, 0.25) is 0 Å². The molecule has 0 bridgehead atoms. The number of oxime groups is 1. The number of rotatable bonds is 10. The number of alkyl halides is 3. The molecule has 0 aliphatic rings. The van der Waals surface area contributed by atoms with Gasteiger partial charge in [-0.05, 0) is 36.8 Å². The zero-order chi connectivity index (χ0) is 25.1. The van der Waals surface area contributed by atoms with E-state index in [1.807, 2.05) is 0 Å². The number of methoxy groups -OCH3 is 1. The largest absolute Gasteiger partial charge is 0.508 e. The molecule has 4 N–H and O–H groups in total. The second-order valence-corrected chi connectivity index (χ2v) is 6.68. The maximum absolute atomic E-state index is 12.6. The summed E-state index contributed by atoms with van der Waals surface area (Å²) in [6.45, 7) is 0.285. The number of aromatic hydroxyl groups is 1. The summed E-state index contributed by atoms with van der Waals surface area (Å²) in [4.78, 5) is 19.5. The van der Waals surface area contributed by atoms with Crippen molar-refractivity contribution < 1.29 is 37.8 Å². The van der Waals surface area contributed by atoms with Crippen LogP contribution in [0.1, 0.15) is 12.5 Å². The van der Waals surface area contributed by atoms with Crippen LogP contribution in [0.3, 0.4) is 0 Å². The number of ether oxygens (including phenoxy) is 2. The molecule has 182 valence electrons.